The van der Waals surface area contributed by atoms with Gasteiger partial charge >= 0.3 is 0 Å². The largest absolute Gasteiger partial charge is 0.237 e. The van der Waals surface area contributed by atoms with Crippen LogP contribution >= 0.6 is 34.7 Å². The fourth-order valence-electron chi connectivity index (χ4n) is 1.69. The predicted molar refractivity (Wildman–Crippen MR) is 81.0 cm³/mol. The monoisotopic (exact) mass is 307 g/mol. The molecule has 0 bridgehead atoms. The third-order valence-electron chi connectivity index (χ3n) is 2.47. The van der Waals surface area contributed by atoms with E-state index in [1.54, 1.807) is 29.2 Å². The van der Waals surface area contributed by atoms with Crippen LogP contribution in [0.15, 0.2) is 34.7 Å². The molecule has 96 valence electrons. The summed E-state index contributed by atoms with van der Waals surface area (Å²) in [4.78, 5) is 13.1. The number of thioether (sulfide) groups is 1. The van der Waals surface area contributed by atoms with Gasteiger partial charge in [0.25, 0.3) is 0 Å². The minimum absolute atomic E-state index is 0.493. The van der Waals surface area contributed by atoms with Gasteiger partial charge in [-0.05, 0) is 25.1 Å². The molecule has 6 heteroatoms. The fraction of sp³-hybridized carbons (Fsp3) is 0.154. The lowest BCUT2D eigenvalue weighted by molar-refractivity contribution is 0.995. The molecule has 0 N–H and O–H groups in total. The van der Waals surface area contributed by atoms with Crippen LogP contribution in [0.25, 0.3) is 10.2 Å². The number of thiazole rings is 1. The Morgan fingerprint density at radius 1 is 1.21 bits per heavy atom. The summed E-state index contributed by atoms with van der Waals surface area (Å²) in [6, 6.07) is 9.89. The Labute approximate surface area is 124 Å². The maximum absolute atomic E-state index is 5.92. The van der Waals surface area contributed by atoms with Crippen LogP contribution in [0.2, 0.25) is 5.15 Å². The highest BCUT2D eigenvalue weighted by Crippen LogP contribution is 2.30. The second-order valence-corrected chi connectivity index (χ2v) is 6.62. The van der Waals surface area contributed by atoms with Gasteiger partial charge in [0, 0.05) is 5.69 Å². The van der Waals surface area contributed by atoms with E-state index in [9.17, 15) is 0 Å². The second-order valence-electron chi connectivity index (χ2n) is 3.98. The summed E-state index contributed by atoms with van der Waals surface area (Å²) in [7, 11) is 0. The van der Waals surface area contributed by atoms with Gasteiger partial charge in [-0.1, -0.05) is 35.5 Å². The molecule has 0 saturated carbocycles. The molecule has 0 aliphatic carbocycles. The summed E-state index contributed by atoms with van der Waals surface area (Å²) >= 11 is 9.25. The van der Waals surface area contributed by atoms with E-state index in [1.165, 1.54) is 4.70 Å². The van der Waals surface area contributed by atoms with Gasteiger partial charge in [0.2, 0.25) is 0 Å². The van der Waals surface area contributed by atoms with Crippen molar-refractivity contribution in [2.24, 2.45) is 0 Å². The van der Waals surface area contributed by atoms with E-state index in [1.807, 2.05) is 25.1 Å². The molecule has 3 nitrogen and oxygen atoms in total. The Balaban J connectivity index is 1.78. The topological polar surface area (TPSA) is 38.7 Å². The van der Waals surface area contributed by atoms with Gasteiger partial charge in [0.15, 0.2) is 4.34 Å². The van der Waals surface area contributed by atoms with Crippen LogP contribution in [0, 0.1) is 6.92 Å². The zero-order chi connectivity index (χ0) is 13.2. The summed E-state index contributed by atoms with van der Waals surface area (Å²) in [5, 5.41) is 0.493. The number of fused-ring (bicyclic) bond motifs is 1. The lowest BCUT2D eigenvalue weighted by Gasteiger charge is -2.00. The molecule has 1 aromatic carbocycles. The Morgan fingerprint density at radius 2 is 2.05 bits per heavy atom. The van der Waals surface area contributed by atoms with Crippen LogP contribution < -0.4 is 0 Å². The minimum Gasteiger partial charge on any atom is -0.237 e. The number of aryl methyl sites for hydroxylation is 1. The first-order valence-corrected chi connectivity index (χ1v) is 7.87. The predicted octanol–water partition coefficient (Wildman–Crippen LogP) is 4.34. The van der Waals surface area contributed by atoms with E-state index in [2.05, 4.69) is 21.0 Å². The van der Waals surface area contributed by atoms with E-state index in [0.717, 1.165) is 21.4 Å². The lowest BCUT2D eigenvalue weighted by atomic mass is 10.3. The van der Waals surface area contributed by atoms with Crippen molar-refractivity contribution in [1.82, 2.24) is 15.0 Å². The molecule has 19 heavy (non-hydrogen) atoms. The minimum atomic E-state index is 0.493. The Morgan fingerprint density at radius 3 is 2.84 bits per heavy atom. The van der Waals surface area contributed by atoms with Crippen molar-refractivity contribution >= 4 is 44.9 Å². The molecule has 0 atom stereocenters. The summed E-state index contributed by atoms with van der Waals surface area (Å²) in [6.07, 6.45) is 0. The Kier molecular flexibility index (Phi) is 3.68. The summed E-state index contributed by atoms with van der Waals surface area (Å²) < 4.78 is 2.23. The average Bonchev–Trinajstić information content (AvgIpc) is 2.78. The fourth-order valence-corrected chi connectivity index (χ4v) is 3.87. The van der Waals surface area contributed by atoms with Gasteiger partial charge in [-0.3, -0.25) is 0 Å². The number of nitrogens with zero attached hydrogens (tertiary/aromatic N) is 3. The summed E-state index contributed by atoms with van der Waals surface area (Å²) in [5.74, 6) is 1.43. The normalized spacial score (nSPS) is 11.1. The number of hydrogen-bond acceptors (Lipinski definition) is 5. The molecule has 0 fully saturated rings. The van der Waals surface area contributed by atoms with Gasteiger partial charge in [-0.2, -0.15) is 0 Å². The number of rotatable bonds is 3. The van der Waals surface area contributed by atoms with Crippen LogP contribution in [0.4, 0.5) is 0 Å². The van der Waals surface area contributed by atoms with Gasteiger partial charge in [-0.25, -0.2) is 15.0 Å². The van der Waals surface area contributed by atoms with Crippen molar-refractivity contribution in [2.45, 2.75) is 17.0 Å². The quantitative estimate of drug-likeness (QED) is 0.533. The number of hydrogen-bond donors (Lipinski definition) is 0. The standard InChI is InChI=1S/C13H10ClN3S2/c1-8-6-11(14)17-12(15-8)7-18-13-16-9-4-2-3-5-10(9)19-13/h2-6H,7H2,1H3. The first kappa shape index (κ1) is 12.8. The number of para-hydroxylation sites is 1. The van der Waals surface area contributed by atoms with Crippen LogP contribution in [-0.4, -0.2) is 15.0 Å². The van der Waals surface area contributed by atoms with Gasteiger partial charge in [-0.15, -0.1) is 11.3 Å². The molecular weight excluding hydrogens is 298 g/mol. The first-order valence-electron chi connectivity index (χ1n) is 5.69. The Bertz CT molecular complexity index is 673. The van der Waals surface area contributed by atoms with Crippen LogP contribution in [0.5, 0.6) is 0 Å². The first-order chi connectivity index (χ1) is 9.20. The van der Waals surface area contributed by atoms with E-state index in [0.29, 0.717) is 10.9 Å². The van der Waals surface area contributed by atoms with E-state index in [4.69, 9.17) is 11.6 Å². The molecular formula is C13H10ClN3S2. The molecule has 0 radical (unpaired) electrons. The van der Waals surface area contributed by atoms with Crippen LogP contribution in [0.1, 0.15) is 11.5 Å². The SMILES string of the molecule is Cc1cc(Cl)nc(CSc2nc3ccccc3s2)n1. The van der Waals surface area contributed by atoms with E-state index >= 15 is 0 Å². The molecule has 2 aromatic heterocycles. The van der Waals surface area contributed by atoms with E-state index in [-0.39, 0.29) is 0 Å². The number of halogens is 1. The van der Waals surface area contributed by atoms with Crippen molar-refractivity contribution in [2.75, 3.05) is 0 Å². The number of aromatic nitrogens is 3. The number of benzene rings is 1. The zero-order valence-electron chi connectivity index (χ0n) is 10.1. The van der Waals surface area contributed by atoms with Crippen molar-refractivity contribution in [3.8, 4) is 0 Å². The molecule has 0 spiro atoms. The highest BCUT2D eigenvalue weighted by molar-refractivity contribution is 8.00. The smallest absolute Gasteiger partial charge is 0.151 e. The average molecular weight is 308 g/mol. The Hall–Kier alpha value is -1.17. The molecule has 2 heterocycles. The van der Waals surface area contributed by atoms with E-state index < -0.39 is 0 Å². The summed E-state index contributed by atoms with van der Waals surface area (Å²) in [5.41, 5.74) is 1.93. The van der Waals surface area contributed by atoms with Crippen molar-refractivity contribution in [3.05, 3.63) is 47.0 Å². The van der Waals surface area contributed by atoms with Gasteiger partial charge in [0.1, 0.15) is 11.0 Å². The molecule has 0 aliphatic heterocycles. The maximum Gasteiger partial charge on any atom is 0.151 e. The molecule has 3 aromatic rings. The van der Waals surface area contributed by atoms with Gasteiger partial charge in [0.05, 0.1) is 16.0 Å². The highest BCUT2D eigenvalue weighted by Gasteiger charge is 2.06. The van der Waals surface area contributed by atoms with Gasteiger partial charge < -0.3 is 0 Å². The zero-order valence-corrected chi connectivity index (χ0v) is 12.5. The highest BCUT2D eigenvalue weighted by atomic mass is 35.5. The van der Waals surface area contributed by atoms with Crippen molar-refractivity contribution in [1.29, 1.82) is 0 Å². The lowest BCUT2D eigenvalue weighted by Crippen LogP contribution is -1.94. The molecule has 0 aliphatic rings. The molecule has 0 unspecified atom stereocenters. The third kappa shape index (κ3) is 3.05. The maximum atomic E-state index is 5.92. The summed E-state index contributed by atoms with van der Waals surface area (Å²) in [6.45, 7) is 1.92. The van der Waals surface area contributed by atoms with Crippen LogP contribution in [0.3, 0.4) is 0 Å². The van der Waals surface area contributed by atoms with Crippen LogP contribution in [-0.2, 0) is 5.75 Å². The molecule has 0 amide bonds. The second kappa shape index (κ2) is 5.45. The van der Waals surface area contributed by atoms with Crippen molar-refractivity contribution in [3.63, 3.8) is 0 Å². The van der Waals surface area contributed by atoms with Crippen molar-refractivity contribution < 1.29 is 0 Å². The molecule has 0 saturated heterocycles. The molecule has 3 rings (SSSR count). The third-order valence-corrected chi connectivity index (χ3v) is 4.84.